The van der Waals surface area contributed by atoms with Gasteiger partial charge in [-0.3, -0.25) is 13.9 Å². The Labute approximate surface area is 168 Å². The molecule has 6 nitrogen and oxygen atoms in total. The minimum Gasteiger partial charge on any atom is -0.755 e. The fourth-order valence-electron chi connectivity index (χ4n) is 3.39. The molecule has 1 amide bonds. The van der Waals surface area contributed by atoms with Crippen molar-refractivity contribution >= 4 is 22.9 Å². The molecule has 2 unspecified atom stereocenters. The van der Waals surface area contributed by atoms with Gasteiger partial charge < -0.3 is 14.2 Å². The van der Waals surface area contributed by atoms with E-state index in [1.165, 1.54) is 24.3 Å². The Morgan fingerprint density at radius 2 is 1.90 bits per heavy atom. The first-order valence-corrected chi connectivity index (χ1v) is 9.95. The van der Waals surface area contributed by atoms with Crippen LogP contribution in [-0.4, -0.2) is 50.1 Å². The lowest BCUT2D eigenvalue weighted by Gasteiger charge is -2.40. The third-order valence-electron chi connectivity index (χ3n) is 4.77. The summed E-state index contributed by atoms with van der Waals surface area (Å²) in [6.45, 7) is 3.08. The molecule has 0 aromatic heterocycles. The van der Waals surface area contributed by atoms with Crippen molar-refractivity contribution in [2.75, 3.05) is 24.4 Å². The number of hydrogen-bond acceptors (Lipinski definition) is 4. The van der Waals surface area contributed by atoms with E-state index in [-0.39, 0.29) is 24.1 Å². The van der Waals surface area contributed by atoms with Crippen LogP contribution < -0.4 is 4.72 Å². The number of carbonyl (C=O) groups excluding carboxylic acids is 1. The summed E-state index contributed by atoms with van der Waals surface area (Å²) in [4.78, 5) is 16.3. The van der Waals surface area contributed by atoms with Crippen LogP contribution in [0.4, 0.5) is 18.9 Å². The van der Waals surface area contributed by atoms with Gasteiger partial charge in [-0.2, -0.15) is 0 Å². The molecule has 2 atom stereocenters. The van der Waals surface area contributed by atoms with Gasteiger partial charge in [-0.05, 0) is 37.3 Å². The minimum absolute atomic E-state index is 0.0413. The highest BCUT2D eigenvalue weighted by atomic mass is 32.2. The minimum atomic E-state index is -2.44. The van der Waals surface area contributed by atoms with E-state index in [1.54, 1.807) is 4.90 Å². The lowest BCUT2D eigenvalue weighted by Crippen LogP contribution is -2.53. The van der Waals surface area contributed by atoms with E-state index in [0.29, 0.717) is 37.0 Å². The quantitative estimate of drug-likeness (QED) is 0.589. The Morgan fingerprint density at radius 3 is 2.52 bits per heavy atom. The zero-order valence-corrected chi connectivity index (χ0v) is 16.3. The van der Waals surface area contributed by atoms with Crippen LogP contribution in [0.1, 0.15) is 22.8 Å². The highest BCUT2D eigenvalue weighted by Gasteiger charge is 2.28. The first-order chi connectivity index (χ1) is 13.7. The molecule has 29 heavy (non-hydrogen) atoms. The molecule has 1 fully saturated rings. The van der Waals surface area contributed by atoms with Gasteiger partial charge in [0.15, 0.2) is 11.6 Å². The lowest BCUT2D eigenvalue weighted by molar-refractivity contribution is 0.0473. The van der Waals surface area contributed by atoms with E-state index >= 15 is 0 Å². The molecule has 1 N–H and O–H groups in total. The predicted octanol–water partition coefficient (Wildman–Crippen LogP) is 2.66. The number of hydrogen-bond donors (Lipinski definition) is 1. The van der Waals surface area contributed by atoms with E-state index in [0.717, 1.165) is 6.07 Å². The molecule has 1 aliphatic rings. The number of benzene rings is 2. The van der Waals surface area contributed by atoms with E-state index in [2.05, 4.69) is 4.72 Å². The molecule has 3 rings (SSSR count). The SMILES string of the molecule is CC1CN(Cc2cc(F)cc(F)c2F)CCN1C(=O)c1ccc(NS(=O)[O-])cc1. The largest absolute Gasteiger partial charge is 0.755 e. The van der Waals surface area contributed by atoms with Crippen LogP contribution in [0.3, 0.4) is 0 Å². The maximum Gasteiger partial charge on any atom is 0.254 e. The number of carbonyl (C=O) groups is 1. The van der Waals surface area contributed by atoms with Crippen molar-refractivity contribution in [2.24, 2.45) is 0 Å². The number of anilines is 1. The van der Waals surface area contributed by atoms with Gasteiger partial charge >= 0.3 is 0 Å². The summed E-state index contributed by atoms with van der Waals surface area (Å²) in [6, 6.07) is 7.32. The van der Waals surface area contributed by atoms with Gasteiger partial charge in [0.2, 0.25) is 0 Å². The highest BCUT2D eigenvalue weighted by Crippen LogP contribution is 2.20. The molecule has 1 heterocycles. The maximum absolute atomic E-state index is 13.9. The number of nitrogens with zero attached hydrogens (tertiary/aromatic N) is 2. The summed E-state index contributed by atoms with van der Waals surface area (Å²) in [7, 11) is 0. The van der Waals surface area contributed by atoms with E-state index < -0.39 is 28.7 Å². The molecule has 1 saturated heterocycles. The zero-order chi connectivity index (χ0) is 21.1. The Hall–Kier alpha value is -2.43. The molecule has 0 aliphatic carbocycles. The summed E-state index contributed by atoms with van der Waals surface area (Å²) in [5.74, 6) is -3.33. The average molecular weight is 426 g/mol. The smallest absolute Gasteiger partial charge is 0.254 e. The molecule has 1 aliphatic heterocycles. The first-order valence-electron chi connectivity index (χ1n) is 8.87. The third-order valence-corrected chi connectivity index (χ3v) is 5.17. The molecule has 0 saturated carbocycles. The molecule has 2 aromatic rings. The van der Waals surface area contributed by atoms with Crippen LogP contribution in [0.5, 0.6) is 0 Å². The van der Waals surface area contributed by atoms with Gasteiger partial charge in [0.1, 0.15) is 5.82 Å². The Bertz CT molecular complexity index is 927. The number of piperazine rings is 1. The van der Waals surface area contributed by atoms with Gasteiger partial charge in [0, 0.05) is 66.4 Å². The van der Waals surface area contributed by atoms with Crippen LogP contribution in [0.25, 0.3) is 0 Å². The number of halogens is 3. The highest BCUT2D eigenvalue weighted by molar-refractivity contribution is 7.80. The van der Waals surface area contributed by atoms with Crippen molar-refractivity contribution < 1.29 is 26.7 Å². The van der Waals surface area contributed by atoms with Crippen molar-refractivity contribution in [3.8, 4) is 0 Å². The fraction of sp³-hybridized carbons (Fsp3) is 0.316. The molecule has 2 aromatic carbocycles. The average Bonchev–Trinajstić information content (AvgIpc) is 2.65. The third kappa shape index (κ3) is 5.14. The van der Waals surface area contributed by atoms with Gasteiger partial charge in [-0.1, -0.05) is 0 Å². The molecular formula is C19H19F3N3O3S-. The standard InChI is InChI=1S/C19H20F3N3O3S/c1-12-10-24(11-14-8-15(20)9-17(21)18(14)22)6-7-25(12)19(26)13-2-4-16(5-3-13)23-29(27)28/h2-5,8-9,12,23H,6-7,10-11H2,1H3,(H,27,28)/p-1. The fourth-order valence-corrected chi connectivity index (χ4v) is 3.72. The Morgan fingerprint density at radius 1 is 1.21 bits per heavy atom. The molecule has 10 heteroatoms. The topological polar surface area (TPSA) is 75.7 Å². The van der Waals surface area contributed by atoms with E-state index in [1.807, 2.05) is 11.8 Å². The van der Waals surface area contributed by atoms with Crippen LogP contribution in [-0.2, 0) is 17.8 Å². The molecule has 0 radical (unpaired) electrons. The monoisotopic (exact) mass is 426 g/mol. The second-order valence-corrected chi connectivity index (χ2v) is 7.53. The summed E-state index contributed by atoms with van der Waals surface area (Å²) in [5, 5.41) is 0. The zero-order valence-electron chi connectivity index (χ0n) is 15.5. The van der Waals surface area contributed by atoms with Crippen LogP contribution >= 0.6 is 0 Å². The van der Waals surface area contributed by atoms with Crippen molar-refractivity contribution in [1.29, 1.82) is 0 Å². The molecule has 0 spiro atoms. The van der Waals surface area contributed by atoms with Gasteiger partial charge in [-0.25, -0.2) is 13.2 Å². The normalized spacial score (nSPS) is 18.5. The Kier molecular flexibility index (Phi) is 6.56. The van der Waals surface area contributed by atoms with Crippen molar-refractivity contribution in [1.82, 2.24) is 9.80 Å². The second kappa shape index (κ2) is 8.93. The summed E-state index contributed by atoms with van der Waals surface area (Å²) in [6.07, 6.45) is 0. The molecule has 156 valence electrons. The van der Waals surface area contributed by atoms with Crippen LogP contribution in [0, 0.1) is 17.5 Å². The van der Waals surface area contributed by atoms with Gasteiger partial charge in [0.05, 0.1) is 0 Å². The van der Waals surface area contributed by atoms with Gasteiger partial charge in [-0.15, -0.1) is 0 Å². The summed E-state index contributed by atoms with van der Waals surface area (Å²) < 4.78 is 64.2. The lowest BCUT2D eigenvalue weighted by atomic mass is 10.1. The Balaban J connectivity index is 1.64. The van der Waals surface area contributed by atoms with Crippen molar-refractivity contribution in [3.63, 3.8) is 0 Å². The molecular weight excluding hydrogens is 407 g/mol. The first kappa shape index (κ1) is 21.3. The van der Waals surface area contributed by atoms with Crippen LogP contribution in [0.2, 0.25) is 0 Å². The van der Waals surface area contributed by atoms with Crippen LogP contribution in [0.15, 0.2) is 36.4 Å². The van der Waals surface area contributed by atoms with Gasteiger partial charge in [0.25, 0.3) is 5.91 Å². The van der Waals surface area contributed by atoms with E-state index in [4.69, 9.17) is 0 Å². The summed E-state index contributed by atoms with van der Waals surface area (Å²) in [5.41, 5.74) is 0.691. The van der Waals surface area contributed by atoms with E-state index in [9.17, 15) is 26.7 Å². The number of rotatable bonds is 5. The number of nitrogens with one attached hydrogen (secondary N) is 1. The maximum atomic E-state index is 13.9. The predicted molar refractivity (Wildman–Crippen MR) is 101 cm³/mol. The summed E-state index contributed by atoms with van der Waals surface area (Å²) >= 11 is -2.44. The van der Waals surface area contributed by atoms with Crippen molar-refractivity contribution in [2.45, 2.75) is 19.5 Å². The van der Waals surface area contributed by atoms with Crippen molar-refractivity contribution in [3.05, 3.63) is 65.0 Å². The molecule has 0 bridgehead atoms. The number of amides is 1. The second-order valence-electron chi connectivity index (χ2n) is 6.86.